The molecule has 82 valence electrons. The predicted molar refractivity (Wildman–Crippen MR) is 55.5 cm³/mol. The Hall–Kier alpha value is -1.71. The highest BCUT2D eigenvalue weighted by Crippen LogP contribution is 2.31. The largest absolute Gasteiger partial charge is 0.493 e. The highest BCUT2D eigenvalue weighted by molar-refractivity contribution is 5.51. The maximum atomic E-state index is 10.1. The first kappa shape index (κ1) is 11.4. The quantitative estimate of drug-likeness (QED) is 0.697. The Balaban J connectivity index is 2.92. The Morgan fingerprint density at radius 2 is 2.00 bits per heavy atom. The second-order valence-corrected chi connectivity index (χ2v) is 3.19. The van der Waals surface area contributed by atoms with E-state index in [2.05, 4.69) is 0 Å². The van der Waals surface area contributed by atoms with E-state index in [0.29, 0.717) is 23.7 Å². The third-order valence-corrected chi connectivity index (χ3v) is 1.68. The normalized spacial score (nSPS) is 9.87. The number of rotatable bonds is 5. The van der Waals surface area contributed by atoms with E-state index in [0.717, 1.165) is 0 Å². The Morgan fingerprint density at radius 1 is 1.27 bits per heavy atom. The second kappa shape index (κ2) is 5.24. The van der Waals surface area contributed by atoms with Crippen LogP contribution in [-0.2, 0) is 4.79 Å². The number of methoxy groups -OCH3 is 1. The van der Waals surface area contributed by atoms with Gasteiger partial charge in [-0.25, -0.2) is 0 Å². The highest BCUT2D eigenvalue weighted by Gasteiger charge is 2.07. The minimum Gasteiger partial charge on any atom is -0.493 e. The van der Waals surface area contributed by atoms with Gasteiger partial charge in [-0.2, -0.15) is 0 Å². The summed E-state index contributed by atoms with van der Waals surface area (Å²) in [6, 6.07) is 4.96. The third kappa shape index (κ3) is 3.16. The van der Waals surface area contributed by atoms with E-state index >= 15 is 0 Å². The van der Waals surface area contributed by atoms with E-state index in [4.69, 9.17) is 14.2 Å². The molecule has 1 rings (SSSR count). The monoisotopic (exact) mass is 210 g/mol. The molecule has 0 fully saturated rings. The summed E-state index contributed by atoms with van der Waals surface area (Å²) in [7, 11) is 1.53. The zero-order chi connectivity index (χ0) is 11.3. The summed E-state index contributed by atoms with van der Waals surface area (Å²) < 4.78 is 15.3. The summed E-state index contributed by atoms with van der Waals surface area (Å²) in [5.74, 6) is 1.60. The third-order valence-electron chi connectivity index (χ3n) is 1.68. The number of benzene rings is 1. The van der Waals surface area contributed by atoms with Crippen LogP contribution in [0.25, 0.3) is 0 Å². The van der Waals surface area contributed by atoms with Crippen LogP contribution in [-0.4, -0.2) is 19.7 Å². The summed E-state index contributed by atoms with van der Waals surface area (Å²) in [6.07, 6.45) is 0.0664. The van der Waals surface area contributed by atoms with Gasteiger partial charge >= 0.3 is 0 Å². The van der Waals surface area contributed by atoms with E-state index in [1.54, 1.807) is 18.2 Å². The number of hydrogen-bond donors (Lipinski definition) is 0. The molecule has 0 spiro atoms. The maximum absolute atomic E-state index is 10.1. The molecule has 0 atom stereocenters. The van der Waals surface area contributed by atoms with Gasteiger partial charge in [0.15, 0.2) is 11.5 Å². The molecule has 0 amide bonds. The topological polar surface area (TPSA) is 44.8 Å². The van der Waals surface area contributed by atoms with Crippen molar-refractivity contribution in [3.8, 4) is 17.2 Å². The molecular weight excluding hydrogens is 196 g/mol. The average Bonchev–Trinajstić information content (AvgIpc) is 2.20. The molecule has 4 heteroatoms. The molecule has 0 aliphatic rings. The molecule has 0 saturated heterocycles. The smallest absolute Gasteiger partial charge is 0.298 e. The summed E-state index contributed by atoms with van der Waals surface area (Å²) in [4.78, 5) is 10.1. The van der Waals surface area contributed by atoms with Gasteiger partial charge in [0.1, 0.15) is 5.75 Å². The van der Waals surface area contributed by atoms with E-state index < -0.39 is 0 Å². The molecule has 0 saturated carbocycles. The lowest BCUT2D eigenvalue weighted by molar-refractivity contribution is -0.120. The number of ether oxygens (including phenoxy) is 3. The number of carbonyl (C=O) groups is 1. The molecule has 1 aromatic rings. The van der Waals surface area contributed by atoms with Crippen molar-refractivity contribution in [2.75, 3.05) is 7.11 Å². The van der Waals surface area contributed by atoms with Crippen LogP contribution in [0.5, 0.6) is 17.2 Å². The van der Waals surface area contributed by atoms with Crippen LogP contribution in [0.15, 0.2) is 18.2 Å². The van der Waals surface area contributed by atoms with Crippen molar-refractivity contribution in [1.29, 1.82) is 0 Å². The molecule has 0 N–H and O–H groups in total. The van der Waals surface area contributed by atoms with Crippen LogP contribution in [0.3, 0.4) is 0 Å². The van der Waals surface area contributed by atoms with Gasteiger partial charge in [-0.1, -0.05) is 0 Å². The van der Waals surface area contributed by atoms with Crippen molar-refractivity contribution >= 4 is 6.47 Å². The average molecular weight is 210 g/mol. The second-order valence-electron chi connectivity index (χ2n) is 3.19. The molecule has 0 aliphatic heterocycles. The van der Waals surface area contributed by atoms with Crippen molar-refractivity contribution in [3.05, 3.63) is 18.2 Å². The van der Waals surface area contributed by atoms with Gasteiger partial charge in [0.25, 0.3) is 6.47 Å². The SMILES string of the molecule is COc1cc(OC=O)ccc1OC(C)C. The molecule has 4 nitrogen and oxygen atoms in total. The minimum atomic E-state index is 0.0664. The van der Waals surface area contributed by atoms with Crippen LogP contribution >= 0.6 is 0 Å². The van der Waals surface area contributed by atoms with Gasteiger partial charge in [-0.05, 0) is 26.0 Å². The van der Waals surface area contributed by atoms with Crippen molar-refractivity contribution in [3.63, 3.8) is 0 Å². The Morgan fingerprint density at radius 3 is 2.53 bits per heavy atom. The van der Waals surface area contributed by atoms with Gasteiger partial charge < -0.3 is 14.2 Å². The fraction of sp³-hybridized carbons (Fsp3) is 0.364. The first-order chi connectivity index (χ1) is 7.17. The Labute approximate surface area is 88.8 Å². The first-order valence-electron chi connectivity index (χ1n) is 4.62. The molecule has 0 radical (unpaired) electrons. The molecule has 0 aliphatic carbocycles. The van der Waals surface area contributed by atoms with Crippen LogP contribution in [0.2, 0.25) is 0 Å². The van der Waals surface area contributed by atoms with E-state index in [-0.39, 0.29) is 6.10 Å². The summed E-state index contributed by atoms with van der Waals surface area (Å²) in [5.41, 5.74) is 0. The van der Waals surface area contributed by atoms with Crippen LogP contribution in [0.1, 0.15) is 13.8 Å². The summed E-state index contributed by atoms with van der Waals surface area (Å²) in [5, 5.41) is 0. The van der Waals surface area contributed by atoms with Crippen molar-refractivity contribution in [2.45, 2.75) is 20.0 Å². The fourth-order valence-corrected chi connectivity index (χ4v) is 1.13. The molecule has 0 unspecified atom stereocenters. The minimum absolute atomic E-state index is 0.0664. The Kier molecular flexibility index (Phi) is 3.97. The van der Waals surface area contributed by atoms with E-state index in [9.17, 15) is 4.79 Å². The first-order valence-corrected chi connectivity index (χ1v) is 4.62. The number of hydrogen-bond acceptors (Lipinski definition) is 4. The lowest BCUT2D eigenvalue weighted by Gasteiger charge is -2.13. The lowest BCUT2D eigenvalue weighted by Crippen LogP contribution is -2.06. The lowest BCUT2D eigenvalue weighted by atomic mass is 10.3. The summed E-state index contributed by atoms with van der Waals surface area (Å²) >= 11 is 0. The Bertz CT molecular complexity index is 333. The van der Waals surface area contributed by atoms with Crippen molar-refractivity contribution < 1.29 is 19.0 Å². The van der Waals surface area contributed by atoms with Gasteiger partial charge in [0, 0.05) is 6.07 Å². The zero-order valence-corrected chi connectivity index (χ0v) is 9.02. The highest BCUT2D eigenvalue weighted by atomic mass is 16.5. The van der Waals surface area contributed by atoms with Crippen LogP contribution in [0.4, 0.5) is 0 Å². The number of carbonyl (C=O) groups excluding carboxylic acids is 1. The zero-order valence-electron chi connectivity index (χ0n) is 9.02. The predicted octanol–water partition coefficient (Wildman–Crippen LogP) is 2.02. The molecular formula is C11H14O4. The summed E-state index contributed by atoms with van der Waals surface area (Å²) in [6.45, 7) is 4.22. The maximum Gasteiger partial charge on any atom is 0.298 e. The molecule has 0 bridgehead atoms. The standard InChI is InChI=1S/C11H14O4/c1-8(2)15-10-5-4-9(14-7-12)6-11(10)13-3/h4-8H,1-3H3. The van der Waals surface area contributed by atoms with Crippen molar-refractivity contribution in [1.82, 2.24) is 0 Å². The van der Waals surface area contributed by atoms with Crippen LogP contribution < -0.4 is 14.2 Å². The van der Waals surface area contributed by atoms with Gasteiger partial charge in [0.05, 0.1) is 13.2 Å². The molecule has 15 heavy (non-hydrogen) atoms. The van der Waals surface area contributed by atoms with Gasteiger partial charge in [-0.15, -0.1) is 0 Å². The van der Waals surface area contributed by atoms with Crippen molar-refractivity contribution in [2.24, 2.45) is 0 Å². The fourth-order valence-electron chi connectivity index (χ4n) is 1.13. The van der Waals surface area contributed by atoms with E-state index in [1.165, 1.54) is 7.11 Å². The van der Waals surface area contributed by atoms with Crippen LogP contribution in [0, 0.1) is 0 Å². The van der Waals surface area contributed by atoms with Gasteiger partial charge in [0.2, 0.25) is 0 Å². The molecule has 1 aromatic carbocycles. The molecule has 0 heterocycles. The molecule has 0 aromatic heterocycles. The van der Waals surface area contributed by atoms with Gasteiger partial charge in [-0.3, -0.25) is 4.79 Å². The van der Waals surface area contributed by atoms with E-state index in [1.807, 2.05) is 13.8 Å².